The zero-order chi connectivity index (χ0) is 27.9. The number of aromatic nitrogens is 3. The summed E-state index contributed by atoms with van der Waals surface area (Å²) >= 11 is 6.66. The third kappa shape index (κ3) is 4.97. The van der Waals surface area contributed by atoms with E-state index in [0.29, 0.717) is 27.0 Å². The second-order valence-corrected chi connectivity index (χ2v) is 10.6. The van der Waals surface area contributed by atoms with E-state index in [-0.39, 0.29) is 12.1 Å². The van der Waals surface area contributed by atoms with Crippen LogP contribution in [0.4, 0.5) is 10.5 Å². The normalized spacial score (nSPS) is 11.5. The van der Waals surface area contributed by atoms with Crippen LogP contribution >= 0.6 is 11.6 Å². The summed E-state index contributed by atoms with van der Waals surface area (Å²) in [6, 6.07) is 14.9. The van der Waals surface area contributed by atoms with E-state index >= 15 is 0 Å². The lowest BCUT2D eigenvalue weighted by Crippen LogP contribution is -2.32. The number of carbonyl (C=O) groups is 1. The molecule has 5 rings (SSSR count). The van der Waals surface area contributed by atoms with Crippen LogP contribution in [0, 0.1) is 6.57 Å². The van der Waals surface area contributed by atoms with Gasteiger partial charge in [-0.2, -0.15) is 5.10 Å². The van der Waals surface area contributed by atoms with Crippen molar-refractivity contribution in [3.63, 3.8) is 0 Å². The minimum atomic E-state index is -0.628. The largest absolute Gasteiger partial charge is 0.444 e. The Hall–Kier alpha value is -4.61. The Bertz CT molecular complexity index is 1860. The van der Waals surface area contributed by atoms with Crippen LogP contribution in [-0.4, -0.2) is 26.5 Å². The molecule has 0 aliphatic carbocycles. The molecule has 8 nitrogen and oxygen atoms in total. The van der Waals surface area contributed by atoms with E-state index in [2.05, 4.69) is 20.2 Å². The fraction of sp³-hybridized carbons (Fsp3) is 0.200. The number of hydrogen-bond donors (Lipinski definition) is 2. The summed E-state index contributed by atoms with van der Waals surface area (Å²) in [4.78, 5) is 31.5. The van der Waals surface area contributed by atoms with Crippen molar-refractivity contribution in [1.82, 2.24) is 20.1 Å². The topological polar surface area (TPSA) is 93.4 Å². The average molecular weight is 540 g/mol. The summed E-state index contributed by atoms with van der Waals surface area (Å²) in [6.07, 6.45) is 2.78. The molecule has 1 amide bonds. The molecule has 3 aromatic carbocycles. The Labute approximate surface area is 230 Å². The Morgan fingerprint density at radius 1 is 1.10 bits per heavy atom. The predicted molar refractivity (Wildman–Crippen MR) is 154 cm³/mol. The number of nitrogens with one attached hydrogen (secondary N) is 2. The Balaban J connectivity index is 1.63. The van der Waals surface area contributed by atoms with Crippen LogP contribution in [0.15, 0.2) is 65.7 Å². The van der Waals surface area contributed by atoms with Crippen molar-refractivity contribution in [2.45, 2.75) is 32.9 Å². The molecule has 5 aromatic rings. The smallest absolute Gasteiger partial charge is 0.407 e. The fourth-order valence-corrected chi connectivity index (χ4v) is 4.97. The van der Waals surface area contributed by atoms with Gasteiger partial charge in [0.15, 0.2) is 0 Å². The van der Waals surface area contributed by atoms with Gasteiger partial charge >= 0.3 is 6.09 Å². The zero-order valence-electron chi connectivity index (χ0n) is 21.9. The summed E-state index contributed by atoms with van der Waals surface area (Å²) in [6.45, 7) is 13.5. The molecule has 39 heavy (non-hydrogen) atoms. The number of nitrogens with zero attached hydrogens (tertiary/aromatic N) is 3. The first-order valence-electron chi connectivity index (χ1n) is 12.3. The van der Waals surface area contributed by atoms with Gasteiger partial charge in [-0.3, -0.25) is 9.48 Å². The highest BCUT2D eigenvalue weighted by Crippen LogP contribution is 2.44. The van der Waals surface area contributed by atoms with Crippen LogP contribution in [0.5, 0.6) is 0 Å². The van der Waals surface area contributed by atoms with Gasteiger partial charge < -0.3 is 15.0 Å². The Morgan fingerprint density at radius 2 is 1.85 bits per heavy atom. The first kappa shape index (κ1) is 26.0. The molecule has 196 valence electrons. The van der Waals surface area contributed by atoms with Crippen molar-refractivity contribution in [2.75, 3.05) is 0 Å². The van der Waals surface area contributed by atoms with Gasteiger partial charge in [-0.25, -0.2) is 9.64 Å². The number of H-pyrrole nitrogens is 1. The number of fused-ring (bicyclic) bond motifs is 2. The highest BCUT2D eigenvalue weighted by atomic mass is 35.5. The second-order valence-electron chi connectivity index (χ2n) is 10.2. The van der Waals surface area contributed by atoms with Gasteiger partial charge in [-0.1, -0.05) is 41.9 Å². The number of pyridine rings is 1. The van der Waals surface area contributed by atoms with E-state index in [1.807, 2.05) is 43.4 Å². The van der Waals surface area contributed by atoms with Crippen LogP contribution in [0.25, 0.3) is 48.8 Å². The lowest BCUT2D eigenvalue weighted by Gasteiger charge is -2.20. The summed E-state index contributed by atoms with van der Waals surface area (Å²) in [7, 11) is 1.82. The van der Waals surface area contributed by atoms with E-state index in [9.17, 15) is 9.59 Å². The number of benzene rings is 3. The van der Waals surface area contributed by atoms with Gasteiger partial charge in [-0.05, 0) is 66.3 Å². The van der Waals surface area contributed by atoms with Gasteiger partial charge in [0.05, 0.1) is 18.5 Å². The van der Waals surface area contributed by atoms with Crippen molar-refractivity contribution in [2.24, 2.45) is 7.05 Å². The minimum Gasteiger partial charge on any atom is -0.444 e. The summed E-state index contributed by atoms with van der Waals surface area (Å²) in [5, 5.41) is 10.5. The number of hydrogen-bond acceptors (Lipinski definition) is 4. The van der Waals surface area contributed by atoms with Gasteiger partial charge in [0.25, 0.3) is 5.56 Å². The molecule has 2 aromatic heterocycles. The number of alkyl carbamates (subject to hydrolysis) is 1. The van der Waals surface area contributed by atoms with Crippen molar-refractivity contribution in [3.8, 4) is 22.4 Å². The quantitative estimate of drug-likeness (QED) is 0.241. The zero-order valence-corrected chi connectivity index (χ0v) is 22.7. The molecule has 0 bridgehead atoms. The van der Waals surface area contributed by atoms with Gasteiger partial charge in [-0.15, -0.1) is 0 Å². The van der Waals surface area contributed by atoms with Crippen LogP contribution in [0.3, 0.4) is 0 Å². The average Bonchev–Trinajstić information content (AvgIpc) is 3.28. The maximum absolute atomic E-state index is 12.6. The molecule has 2 heterocycles. The Morgan fingerprint density at radius 3 is 2.56 bits per heavy atom. The first-order valence-corrected chi connectivity index (χ1v) is 12.7. The highest BCUT2D eigenvalue weighted by molar-refractivity contribution is 6.36. The molecule has 9 heteroatoms. The number of amides is 1. The molecular weight excluding hydrogens is 514 g/mol. The van der Waals surface area contributed by atoms with Gasteiger partial charge in [0, 0.05) is 41.3 Å². The third-order valence-electron chi connectivity index (χ3n) is 6.39. The van der Waals surface area contributed by atoms with Crippen LogP contribution in [0.2, 0.25) is 5.02 Å². The lowest BCUT2D eigenvalue weighted by atomic mass is 9.95. The molecule has 0 saturated carbocycles. The molecule has 0 radical (unpaired) electrons. The standard InChI is InChI=1S/C30H26ClN5O3/c1-30(2,3)39-29(38)34-15-18-14-33-28(37)21-11-10-17(12-22(18)21)24-16-35-36(5)27(24)23-13-25(31)19-8-6-7-9-20(19)26(23)32-4/h6-14,16H,15H2,1-3,5H3,(H,33,37)(H,34,38). The van der Waals surface area contributed by atoms with E-state index < -0.39 is 11.7 Å². The molecule has 0 unspecified atom stereocenters. The SMILES string of the molecule is [C-]#[N+]c1c(-c2c(-c3ccc4c(=O)[nH]cc(CNC(=O)OC(C)(C)C)c4c3)cnn2C)cc(Cl)c2ccccc12. The van der Waals surface area contributed by atoms with E-state index in [1.165, 1.54) is 0 Å². The number of rotatable bonds is 4. The number of carbonyl (C=O) groups excluding carboxylic acids is 1. The van der Waals surface area contributed by atoms with Crippen LogP contribution < -0.4 is 10.9 Å². The molecular formula is C30H26ClN5O3. The van der Waals surface area contributed by atoms with E-state index in [0.717, 1.165) is 33.2 Å². The molecule has 0 spiro atoms. The molecule has 2 N–H and O–H groups in total. The Kier molecular flexibility index (Phi) is 6.62. The second kappa shape index (κ2) is 9.93. The minimum absolute atomic E-state index is 0.160. The third-order valence-corrected chi connectivity index (χ3v) is 6.70. The molecule has 0 atom stereocenters. The highest BCUT2D eigenvalue weighted by Gasteiger charge is 2.21. The van der Waals surface area contributed by atoms with Crippen molar-refractivity contribution in [3.05, 3.63) is 93.3 Å². The molecule has 0 aliphatic rings. The van der Waals surface area contributed by atoms with Crippen molar-refractivity contribution < 1.29 is 9.53 Å². The van der Waals surface area contributed by atoms with Gasteiger partial charge in [0.2, 0.25) is 5.69 Å². The number of ether oxygens (including phenoxy) is 1. The van der Waals surface area contributed by atoms with E-state index in [4.69, 9.17) is 22.9 Å². The maximum atomic E-state index is 12.6. The lowest BCUT2D eigenvalue weighted by molar-refractivity contribution is 0.0523. The predicted octanol–water partition coefficient (Wildman–Crippen LogP) is 6.98. The van der Waals surface area contributed by atoms with Crippen molar-refractivity contribution in [1.29, 1.82) is 0 Å². The summed E-state index contributed by atoms with van der Waals surface area (Å²) < 4.78 is 7.07. The molecule has 0 aliphatic heterocycles. The number of aromatic amines is 1. The molecule has 0 saturated heterocycles. The monoisotopic (exact) mass is 539 g/mol. The fourth-order valence-electron chi connectivity index (χ4n) is 4.70. The summed E-state index contributed by atoms with van der Waals surface area (Å²) in [5.41, 5.74) is 3.32. The number of halogens is 1. The van der Waals surface area contributed by atoms with Crippen LogP contribution in [0.1, 0.15) is 26.3 Å². The van der Waals surface area contributed by atoms with Gasteiger partial charge in [0.1, 0.15) is 5.60 Å². The first-order chi connectivity index (χ1) is 18.6. The number of aryl methyl sites for hydroxylation is 1. The maximum Gasteiger partial charge on any atom is 0.407 e. The van der Waals surface area contributed by atoms with E-state index in [1.54, 1.807) is 50.0 Å². The van der Waals surface area contributed by atoms with Crippen molar-refractivity contribution >= 4 is 44.9 Å². The molecule has 0 fully saturated rings. The van der Waals surface area contributed by atoms with Crippen LogP contribution in [-0.2, 0) is 18.3 Å². The summed E-state index contributed by atoms with van der Waals surface area (Å²) in [5.74, 6) is 0.